The maximum absolute atomic E-state index is 13.2. The van der Waals surface area contributed by atoms with Crippen molar-refractivity contribution in [1.82, 2.24) is 8.75 Å². The number of hydrogen-bond donors (Lipinski definition) is 0. The van der Waals surface area contributed by atoms with Gasteiger partial charge in [-0.15, -0.1) is 4.37 Å². The third kappa shape index (κ3) is 24.8. The molecule has 2 rings (SSSR count). The third-order valence-corrected chi connectivity index (χ3v) is 12.3. The molecule has 4 unspecified atom stereocenters. The van der Waals surface area contributed by atoms with Crippen molar-refractivity contribution in [2.75, 3.05) is 74.3 Å². The molecule has 1 aromatic rings. The Bertz CT molecular complexity index is 1380. The molecule has 16 heteroatoms. The number of carbonyl (C=O) groups is 2. The van der Waals surface area contributed by atoms with Gasteiger partial charge in [-0.25, -0.2) is 4.79 Å². The second-order valence-corrected chi connectivity index (χ2v) is 19.3. The Morgan fingerprint density at radius 1 is 0.814 bits per heavy atom. The summed E-state index contributed by atoms with van der Waals surface area (Å²) in [5, 5.41) is 0. The number of phosphoric ester groups is 1. The lowest BCUT2D eigenvalue weighted by Gasteiger charge is -2.41. The summed E-state index contributed by atoms with van der Waals surface area (Å²) >= 11 is 1.11. The van der Waals surface area contributed by atoms with Gasteiger partial charge in [-0.1, -0.05) is 129 Å². The van der Waals surface area contributed by atoms with Gasteiger partial charge in [0.2, 0.25) is 6.23 Å². The molecule has 1 aliphatic rings. The fourth-order valence-electron chi connectivity index (χ4n) is 6.80. The largest absolute Gasteiger partial charge is 0.756 e. The third-order valence-electron chi connectivity index (χ3n) is 10.8. The Kier molecular flexibility index (Phi) is 27.0. The highest BCUT2D eigenvalue weighted by Crippen LogP contribution is 2.38. The number of unbranched alkanes of at least 4 members (excludes halogenated alkanes) is 17. The molecule has 0 aliphatic carbocycles. The highest BCUT2D eigenvalue weighted by Gasteiger charge is 2.37. The molecule has 0 spiro atoms. The van der Waals surface area contributed by atoms with E-state index in [-0.39, 0.29) is 13.0 Å². The molecule has 0 amide bonds. The van der Waals surface area contributed by atoms with Gasteiger partial charge in [0.15, 0.2) is 6.10 Å². The quantitative estimate of drug-likeness (QED) is 0.0276. The van der Waals surface area contributed by atoms with E-state index in [1.807, 2.05) is 28.2 Å². The Hall–Kier alpha value is -2.13. The van der Waals surface area contributed by atoms with Crippen LogP contribution in [0.5, 0.6) is 5.88 Å². The maximum atomic E-state index is 13.2. The van der Waals surface area contributed by atoms with E-state index in [4.69, 9.17) is 28.0 Å². The number of hydrogen-bond acceptors (Lipinski definition) is 13. The molecule has 342 valence electrons. The minimum atomic E-state index is -4.74. The molecule has 0 fully saturated rings. The molecule has 1 aliphatic heterocycles. The van der Waals surface area contributed by atoms with Crippen LogP contribution in [0.3, 0.4) is 0 Å². The second kappa shape index (κ2) is 30.0. The van der Waals surface area contributed by atoms with Crippen molar-refractivity contribution < 1.29 is 56.0 Å². The van der Waals surface area contributed by atoms with Gasteiger partial charge in [0, 0.05) is 25.3 Å². The number of esters is 1. The van der Waals surface area contributed by atoms with Gasteiger partial charge in [0.25, 0.3) is 13.7 Å². The Morgan fingerprint density at radius 3 is 1.98 bits per heavy atom. The van der Waals surface area contributed by atoms with Crippen LogP contribution < -0.4 is 9.63 Å². The van der Waals surface area contributed by atoms with Crippen LogP contribution in [0.25, 0.3) is 5.57 Å². The van der Waals surface area contributed by atoms with Gasteiger partial charge in [-0.2, -0.15) is 4.37 Å². The summed E-state index contributed by atoms with van der Waals surface area (Å²) in [5.74, 6) is 0.0688. The summed E-state index contributed by atoms with van der Waals surface area (Å²) in [4.78, 5) is 38.4. The van der Waals surface area contributed by atoms with Crippen LogP contribution in [0, 0.1) is 0 Å². The molecular weight excluding hydrogens is 796 g/mol. The molecule has 1 aromatic heterocycles. The zero-order valence-electron chi connectivity index (χ0n) is 37.8. The average molecular weight is 876 g/mol. The van der Waals surface area contributed by atoms with Crippen LogP contribution >= 0.6 is 19.6 Å². The van der Waals surface area contributed by atoms with Gasteiger partial charge >= 0.3 is 12.1 Å². The van der Waals surface area contributed by atoms with Crippen molar-refractivity contribution in [3.63, 3.8) is 0 Å². The van der Waals surface area contributed by atoms with Crippen LogP contribution in [0.15, 0.2) is 6.08 Å². The van der Waals surface area contributed by atoms with Crippen LogP contribution in [-0.4, -0.2) is 116 Å². The first-order chi connectivity index (χ1) is 28.2. The smallest absolute Gasteiger partial charge is 0.513 e. The normalized spacial score (nSPS) is 17.8. The van der Waals surface area contributed by atoms with Gasteiger partial charge in [0.05, 0.1) is 59.7 Å². The molecule has 0 bridgehead atoms. The Labute approximate surface area is 360 Å². The van der Waals surface area contributed by atoms with E-state index < -0.39 is 45.5 Å². The van der Waals surface area contributed by atoms with E-state index in [2.05, 4.69) is 28.7 Å². The van der Waals surface area contributed by atoms with E-state index >= 15 is 0 Å². The standard InChI is InChI=1S/C43H80N4O10PS/c1-8-10-12-14-15-16-17-18-19-20-21-22-23-24-25-29-40(48)53-35-39(36-55-58(50,51)54-33-31-46(4,5)6)57-43(49)56-37(3)47(7)30-27-28-38(34-47)41-42(45-59-44-41)52-32-26-13-11-9-2/h28,37,39H,8-27,29-36H2,1-7H3/q+1. The molecular formula is C43H80N4O10PS+. The maximum Gasteiger partial charge on any atom is 0.513 e. The highest BCUT2D eigenvalue weighted by atomic mass is 32.1. The van der Waals surface area contributed by atoms with Gasteiger partial charge in [-0.3, -0.25) is 13.8 Å². The second-order valence-electron chi connectivity index (χ2n) is 17.4. The summed E-state index contributed by atoms with van der Waals surface area (Å²) in [5.41, 5.74) is 1.67. The number of quaternary nitrogens is 2. The van der Waals surface area contributed by atoms with E-state index in [9.17, 15) is 19.0 Å². The summed E-state index contributed by atoms with van der Waals surface area (Å²) < 4.78 is 55.2. The number of rotatable bonds is 35. The lowest BCUT2D eigenvalue weighted by Crippen LogP contribution is -2.55. The molecule has 0 aromatic carbocycles. The number of ether oxygens (including phenoxy) is 4. The van der Waals surface area contributed by atoms with Crippen LogP contribution in [-0.2, 0) is 32.6 Å². The molecule has 0 saturated heterocycles. The SMILES string of the molecule is CCCCCCCCCCCCCCCCCC(=O)OCC(COP(=O)([O-])OCC[N+](C)(C)C)OC(=O)OC(C)[N+]1(C)CCC=C(c2nsnc2OCCCCCC)C1. The Morgan fingerprint density at radius 2 is 1.39 bits per heavy atom. The topological polar surface area (TPSA) is 155 Å². The minimum Gasteiger partial charge on any atom is -0.756 e. The van der Waals surface area contributed by atoms with Crippen LogP contribution in [0.1, 0.15) is 161 Å². The zero-order chi connectivity index (χ0) is 43.4. The first kappa shape index (κ1) is 53.0. The zero-order valence-corrected chi connectivity index (χ0v) is 39.5. The molecule has 0 N–H and O–H groups in total. The first-order valence-electron chi connectivity index (χ1n) is 22.6. The lowest BCUT2D eigenvalue weighted by molar-refractivity contribution is -0.944. The number of phosphoric acid groups is 1. The van der Waals surface area contributed by atoms with Crippen molar-refractivity contribution >= 4 is 37.2 Å². The number of aromatic nitrogens is 2. The predicted octanol–water partition coefficient (Wildman–Crippen LogP) is 9.61. The summed E-state index contributed by atoms with van der Waals surface area (Å²) in [6.07, 6.45) is 22.9. The van der Waals surface area contributed by atoms with Gasteiger partial charge in [0.1, 0.15) is 32.0 Å². The van der Waals surface area contributed by atoms with Crippen molar-refractivity contribution in [2.45, 2.75) is 168 Å². The van der Waals surface area contributed by atoms with Crippen molar-refractivity contribution in [3.05, 3.63) is 11.8 Å². The molecule has 2 heterocycles. The fourth-order valence-corrected chi connectivity index (χ4v) is 8.06. The van der Waals surface area contributed by atoms with Gasteiger partial charge < -0.3 is 37.4 Å². The summed E-state index contributed by atoms with van der Waals surface area (Å²) in [6.45, 7) is 7.34. The molecule has 0 radical (unpaired) electrons. The lowest BCUT2D eigenvalue weighted by atomic mass is 10.0. The van der Waals surface area contributed by atoms with Crippen molar-refractivity contribution in [2.24, 2.45) is 0 Å². The first-order valence-corrected chi connectivity index (χ1v) is 24.8. The predicted molar refractivity (Wildman–Crippen MR) is 232 cm³/mol. The fraction of sp³-hybridized carbons (Fsp3) is 0.860. The van der Waals surface area contributed by atoms with E-state index in [0.29, 0.717) is 53.2 Å². The monoisotopic (exact) mass is 876 g/mol. The Balaban J connectivity index is 1.84. The number of likely N-dealkylation sites (N-methyl/N-ethyl adjacent to an activating group) is 2. The van der Waals surface area contributed by atoms with Crippen molar-refractivity contribution in [3.8, 4) is 5.88 Å². The molecule has 14 nitrogen and oxygen atoms in total. The summed E-state index contributed by atoms with van der Waals surface area (Å²) in [6, 6.07) is 0. The van der Waals surface area contributed by atoms with E-state index in [0.717, 1.165) is 68.7 Å². The number of carbonyl (C=O) groups excluding carboxylic acids is 2. The van der Waals surface area contributed by atoms with Crippen LogP contribution in [0.2, 0.25) is 0 Å². The van der Waals surface area contributed by atoms with Crippen molar-refractivity contribution in [1.29, 1.82) is 0 Å². The minimum absolute atomic E-state index is 0.0833. The summed E-state index contributed by atoms with van der Waals surface area (Å²) in [7, 11) is 2.97. The van der Waals surface area contributed by atoms with E-state index in [1.54, 1.807) is 6.92 Å². The number of nitrogens with zero attached hydrogens (tertiary/aromatic N) is 4. The molecule has 4 atom stereocenters. The van der Waals surface area contributed by atoms with Gasteiger partial charge in [-0.05, 0) is 12.8 Å². The van der Waals surface area contributed by atoms with E-state index in [1.165, 1.54) is 70.6 Å². The molecule has 59 heavy (non-hydrogen) atoms. The average Bonchev–Trinajstić information content (AvgIpc) is 3.65. The highest BCUT2D eigenvalue weighted by molar-refractivity contribution is 7.45. The molecule has 0 saturated carbocycles. The van der Waals surface area contributed by atoms with Crippen LogP contribution in [0.4, 0.5) is 4.79 Å².